The summed E-state index contributed by atoms with van der Waals surface area (Å²) in [6.07, 6.45) is -4.97. The summed E-state index contributed by atoms with van der Waals surface area (Å²) in [6, 6.07) is 0. The molecule has 1 aliphatic heterocycles. The van der Waals surface area contributed by atoms with Gasteiger partial charge in [0.15, 0.2) is 28.4 Å². The van der Waals surface area contributed by atoms with E-state index in [1.165, 1.54) is 22.7 Å². The Morgan fingerprint density at radius 1 is 1.08 bits per heavy atom. The summed E-state index contributed by atoms with van der Waals surface area (Å²) in [5.74, 6) is 0.628. The van der Waals surface area contributed by atoms with E-state index >= 15 is 0 Å². The lowest BCUT2D eigenvalue weighted by Gasteiger charge is -2.21. The minimum atomic E-state index is -5.73. The fraction of sp³-hybridized carbons (Fsp3) is 0.667. The molecule has 1 aliphatic rings. The van der Waals surface area contributed by atoms with Gasteiger partial charge in [0, 0.05) is 5.75 Å². The van der Waals surface area contributed by atoms with Gasteiger partial charge in [-0.2, -0.15) is 8.62 Å². The summed E-state index contributed by atoms with van der Waals surface area (Å²) in [6.45, 7) is 5.01. The molecule has 0 aromatic carbocycles. The molecule has 22 heteroatoms. The number of nitrogens with zero attached hydrogens (tertiary/aromatic N) is 4. The Bertz CT molecular complexity index is 1280. The van der Waals surface area contributed by atoms with Crippen LogP contribution in [0.15, 0.2) is 11.5 Å². The number of fused-ring (bicyclic) bond motifs is 1. The van der Waals surface area contributed by atoms with Crippen molar-refractivity contribution in [3.8, 4) is 0 Å². The number of hydrogen-bond donors (Lipinski definition) is 7. The maximum Gasteiger partial charge on any atom is 0.490 e. The van der Waals surface area contributed by atoms with Crippen molar-refractivity contribution in [2.24, 2.45) is 5.41 Å². The third-order valence-corrected chi connectivity index (χ3v) is 9.88. The highest BCUT2D eigenvalue weighted by molar-refractivity contribution is 7.99. The van der Waals surface area contributed by atoms with Crippen LogP contribution in [0.3, 0.4) is 0 Å². The van der Waals surface area contributed by atoms with Crippen LogP contribution < -0.4 is 5.73 Å². The van der Waals surface area contributed by atoms with E-state index in [9.17, 15) is 33.7 Å². The number of phosphoric ester groups is 1. The van der Waals surface area contributed by atoms with Crippen molar-refractivity contribution in [2.75, 3.05) is 18.1 Å². The monoisotopic (exact) mass is 609 g/mol. The van der Waals surface area contributed by atoms with Crippen LogP contribution in [-0.4, -0.2) is 80.0 Å². The third-order valence-electron chi connectivity index (χ3n) is 4.52. The number of imidazole rings is 1. The molecule has 2 aromatic rings. The van der Waals surface area contributed by atoms with E-state index in [-0.39, 0.29) is 22.4 Å². The highest BCUT2D eigenvalue weighted by Gasteiger charge is 2.47. The Morgan fingerprint density at radius 2 is 1.73 bits per heavy atom. The number of hydrogen-bond acceptors (Lipinski definition) is 14. The molecule has 0 spiro atoms. The van der Waals surface area contributed by atoms with E-state index < -0.39 is 54.6 Å². The molecule has 3 rings (SSSR count). The first-order chi connectivity index (χ1) is 16.8. The zero-order valence-corrected chi connectivity index (χ0v) is 23.0. The van der Waals surface area contributed by atoms with Gasteiger partial charge in [-0.15, -0.1) is 0 Å². The second-order valence-corrected chi connectivity index (χ2v) is 14.3. The van der Waals surface area contributed by atoms with E-state index in [1.54, 1.807) is 0 Å². The van der Waals surface area contributed by atoms with Crippen molar-refractivity contribution >= 4 is 52.2 Å². The van der Waals surface area contributed by atoms with Crippen LogP contribution in [0.5, 0.6) is 0 Å². The number of anilines is 1. The molecular formula is C15H26N5O13P3S. The van der Waals surface area contributed by atoms with Gasteiger partial charge in [-0.3, -0.25) is 9.09 Å². The molecule has 3 unspecified atom stereocenters. The molecule has 1 fully saturated rings. The second kappa shape index (κ2) is 10.9. The zero-order chi connectivity index (χ0) is 28.0. The van der Waals surface area contributed by atoms with Gasteiger partial charge in [-0.25, -0.2) is 28.6 Å². The van der Waals surface area contributed by atoms with Gasteiger partial charge >= 0.3 is 23.5 Å². The molecule has 18 nitrogen and oxygen atoms in total. The van der Waals surface area contributed by atoms with Crippen molar-refractivity contribution in [3.05, 3.63) is 6.33 Å². The molecule has 0 bridgehead atoms. The third kappa shape index (κ3) is 8.00. The lowest BCUT2D eigenvalue weighted by atomic mass is 10.0. The molecule has 0 saturated carbocycles. The average Bonchev–Trinajstić information content (AvgIpc) is 3.20. The summed E-state index contributed by atoms with van der Waals surface area (Å²) in [4.78, 5) is 48.6. The molecule has 0 radical (unpaired) electrons. The maximum atomic E-state index is 12.0. The predicted molar refractivity (Wildman–Crippen MR) is 126 cm³/mol. The molecule has 0 amide bonds. The molecule has 2 aromatic heterocycles. The molecule has 3 heterocycles. The van der Waals surface area contributed by atoms with Gasteiger partial charge in [0.05, 0.1) is 6.61 Å². The fourth-order valence-electron chi connectivity index (χ4n) is 3.07. The Hall–Kier alpha value is -1.01. The largest absolute Gasteiger partial charge is 0.490 e. The maximum absolute atomic E-state index is 12.0. The highest BCUT2D eigenvalue weighted by atomic mass is 32.2. The summed E-state index contributed by atoms with van der Waals surface area (Å²) >= 11 is 1.29. The second-order valence-electron chi connectivity index (χ2n) is 8.98. The van der Waals surface area contributed by atoms with E-state index in [0.717, 1.165) is 0 Å². The number of aliphatic hydroxyl groups excluding tert-OH is 2. The Morgan fingerprint density at radius 3 is 2.32 bits per heavy atom. The van der Waals surface area contributed by atoms with E-state index in [0.29, 0.717) is 10.9 Å². The van der Waals surface area contributed by atoms with Crippen LogP contribution in [0.2, 0.25) is 0 Å². The SMILES string of the molecule is CC(C)(C)CSc1nc2c(N)ncnc2n1C1O[C@H](COP(=O)(O)OP(=O)(O)OP(=O)(O)O)[C@@H](O)[C@H]1O. The number of ether oxygens (including phenoxy) is 1. The lowest BCUT2D eigenvalue weighted by Crippen LogP contribution is -2.33. The number of thioether (sulfide) groups is 1. The summed E-state index contributed by atoms with van der Waals surface area (Å²) in [5.41, 5.74) is 6.16. The zero-order valence-electron chi connectivity index (χ0n) is 19.5. The minimum absolute atomic E-state index is 0.0543. The molecule has 0 aliphatic carbocycles. The van der Waals surface area contributed by atoms with Gasteiger partial charge in [0.25, 0.3) is 0 Å². The summed E-state index contributed by atoms with van der Waals surface area (Å²) < 4.78 is 53.1. The fourth-order valence-corrected chi connectivity index (χ4v) is 7.15. The van der Waals surface area contributed by atoms with Crippen LogP contribution in [0.1, 0.15) is 27.0 Å². The minimum Gasteiger partial charge on any atom is -0.387 e. The topological polar surface area (TPSA) is 279 Å². The quantitative estimate of drug-likeness (QED) is 0.143. The van der Waals surface area contributed by atoms with Crippen molar-refractivity contribution in [1.82, 2.24) is 19.5 Å². The van der Waals surface area contributed by atoms with E-state index in [1.807, 2.05) is 20.8 Å². The van der Waals surface area contributed by atoms with E-state index in [4.69, 9.17) is 20.3 Å². The first-order valence-electron chi connectivity index (χ1n) is 10.2. The molecule has 1 saturated heterocycles. The van der Waals surface area contributed by atoms with Crippen LogP contribution in [-0.2, 0) is 31.6 Å². The van der Waals surface area contributed by atoms with Crippen molar-refractivity contribution in [1.29, 1.82) is 0 Å². The van der Waals surface area contributed by atoms with Crippen molar-refractivity contribution < 1.29 is 61.4 Å². The van der Waals surface area contributed by atoms with Crippen LogP contribution in [0, 0.1) is 5.41 Å². The Kier molecular flexibility index (Phi) is 8.97. The van der Waals surface area contributed by atoms with Gasteiger partial charge in [-0.05, 0) is 5.41 Å². The highest BCUT2D eigenvalue weighted by Crippen LogP contribution is 2.66. The summed E-state index contributed by atoms with van der Waals surface area (Å²) in [7, 11) is -16.8. The predicted octanol–water partition coefficient (Wildman–Crippen LogP) is 0.509. The van der Waals surface area contributed by atoms with Gasteiger partial charge < -0.3 is 40.3 Å². The first-order valence-corrected chi connectivity index (χ1v) is 15.7. The lowest BCUT2D eigenvalue weighted by molar-refractivity contribution is -0.0540. The number of rotatable bonds is 10. The number of nitrogen functional groups attached to an aromatic ring is 1. The molecule has 8 N–H and O–H groups in total. The number of nitrogens with two attached hydrogens (primary N) is 1. The van der Waals surface area contributed by atoms with E-state index in [2.05, 4.69) is 28.1 Å². The normalized spacial score (nSPS) is 26.3. The average molecular weight is 609 g/mol. The number of phosphoric acid groups is 3. The van der Waals surface area contributed by atoms with Crippen LogP contribution >= 0.6 is 35.2 Å². The number of aromatic nitrogens is 4. The van der Waals surface area contributed by atoms with Crippen molar-refractivity contribution in [2.45, 2.75) is 50.5 Å². The summed E-state index contributed by atoms with van der Waals surface area (Å²) in [5, 5.41) is 21.5. The Labute approximate surface area is 213 Å². The van der Waals surface area contributed by atoms with Crippen molar-refractivity contribution in [3.63, 3.8) is 0 Å². The van der Waals surface area contributed by atoms with Crippen LogP contribution in [0.4, 0.5) is 5.82 Å². The van der Waals surface area contributed by atoms with Crippen LogP contribution in [0.25, 0.3) is 11.2 Å². The molecule has 210 valence electrons. The van der Waals surface area contributed by atoms with Gasteiger partial charge in [0.2, 0.25) is 0 Å². The Balaban J connectivity index is 1.81. The number of aliphatic hydroxyl groups is 2. The molecule has 37 heavy (non-hydrogen) atoms. The molecular weight excluding hydrogens is 583 g/mol. The van der Waals surface area contributed by atoms with Gasteiger partial charge in [-0.1, -0.05) is 32.5 Å². The van der Waals surface area contributed by atoms with Gasteiger partial charge in [0.1, 0.15) is 24.6 Å². The first kappa shape index (κ1) is 30.5. The standard InChI is InChI=1S/C15H26N5O13P3S/c1-15(2,3)5-37-14-19-8-11(16)17-6-18-12(8)20(14)13-10(22)9(21)7(31-13)4-30-35(26,27)33-36(28,29)32-34(23,24)25/h6-7,9-10,13,21-22H,4-5H2,1-3H3,(H,26,27)(H,28,29)(H2,16,17,18)(H2,23,24,25)/t7-,9-,10-,13?/m1/s1. The smallest absolute Gasteiger partial charge is 0.387 e. The molecule has 6 atom stereocenters.